The van der Waals surface area contributed by atoms with Gasteiger partial charge in [-0.25, -0.2) is 4.79 Å². The summed E-state index contributed by atoms with van der Waals surface area (Å²) < 4.78 is 83.6. The van der Waals surface area contributed by atoms with Gasteiger partial charge in [0.15, 0.2) is 0 Å². The number of carbonyl (C=O) groups is 1. The van der Waals surface area contributed by atoms with E-state index in [1.54, 1.807) is 0 Å². The Hall–Kier alpha value is -1.39. The predicted molar refractivity (Wildman–Crippen MR) is 65.1 cm³/mol. The molecule has 0 aliphatic carbocycles. The molecule has 1 aromatic rings. The van der Waals surface area contributed by atoms with Crippen LogP contribution in [0.3, 0.4) is 0 Å². The summed E-state index contributed by atoms with van der Waals surface area (Å²) in [6.45, 7) is 1.22. The summed E-state index contributed by atoms with van der Waals surface area (Å²) in [6, 6.07) is 1.60. The Morgan fingerprint density at radius 1 is 1.25 bits per heavy atom. The third-order valence-corrected chi connectivity index (χ3v) is 2.88. The first kappa shape index (κ1) is 20.7. The van der Waals surface area contributed by atoms with Crippen LogP contribution in [-0.4, -0.2) is 29.7 Å². The van der Waals surface area contributed by atoms with Gasteiger partial charge in [0.25, 0.3) is 0 Å². The number of hydrogen-bond acceptors (Lipinski definition) is 3. The number of rotatable bonds is 2. The van der Waals surface area contributed by atoms with Gasteiger partial charge in [0.05, 0.1) is 5.57 Å². The van der Waals surface area contributed by atoms with Crippen LogP contribution in [0.25, 0.3) is 6.08 Å². The molecular formula is C13H9F6NaO4. The van der Waals surface area contributed by atoms with Crippen molar-refractivity contribution in [3.63, 3.8) is 0 Å². The average Bonchev–Trinajstić information content (AvgIpc) is 2.33. The second-order valence-electron chi connectivity index (χ2n) is 4.65. The Kier molecular flexibility index (Phi) is 5.89. The molecule has 0 unspecified atom stereocenters. The van der Waals surface area contributed by atoms with Gasteiger partial charge in [-0.15, -0.1) is 13.2 Å². The Morgan fingerprint density at radius 3 is 2.29 bits per heavy atom. The Labute approximate surface area is 154 Å². The van der Waals surface area contributed by atoms with E-state index >= 15 is 0 Å². The molecule has 24 heavy (non-hydrogen) atoms. The first-order valence-corrected chi connectivity index (χ1v) is 5.97. The molecule has 128 valence electrons. The number of fused-ring (bicyclic) bond motifs is 1. The Balaban J connectivity index is 0.00000288. The number of aliphatic carboxylic acids is 1. The summed E-state index contributed by atoms with van der Waals surface area (Å²) in [4.78, 5) is 11.0. The van der Waals surface area contributed by atoms with Crippen molar-refractivity contribution < 1.29 is 76.7 Å². The largest absolute Gasteiger partial charge is 1.00 e. The molecule has 1 aliphatic rings. The second kappa shape index (κ2) is 6.85. The number of carboxylic acid groups (broad SMARTS) is 1. The molecule has 1 aromatic carbocycles. The maximum Gasteiger partial charge on any atom is 1.00 e. The summed E-state index contributed by atoms with van der Waals surface area (Å²) in [5, 5.41) is 8.86. The van der Waals surface area contributed by atoms with Crippen molar-refractivity contribution in [2.75, 3.05) is 0 Å². The molecule has 0 saturated heterocycles. The van der Waals surface area contributed by atoms with E-state index in [0.717, 1.165) is 12.1 Å². The number of halogens is 6. The molecule has 4 nitrogen and oxygen atoms in total. The predicted octanol–water partition coefficient (Wildman–Crippen LogP) is 0.801. The molecule has 2 rings (SSSR count). The Bertz CT molecular complexity index is 686. The molecule has 0 aromatic heterocycles. The average molecular weight is 366 g/mol. The smallest absolute Gasteiger partial charge is 1.00 e. The van der Waals surface area contributed by atoms with Gasteiger partial charge < -0.3 is 16.0 Å². The molecule has 11 heteroatoms. The van der Waals surface area contributed by atoms with Gasteiger partial charge in [0, 0.05) is 5.56 Å². The number of alkyl halides is 6. The molecule has 1 aliphatic heterocycles. The van der Waals surface area contributed by atoms with Gasteiger partial charge in [-0.2, -0.15) is 13.2 Å². The summed E-state index contributed by atoms with van der Waals surface area (Å²) in [5.41, 5.74) is -1.44. The normalized spacial score (nSPS) is 17.1. The van der Waals surface area contributed by atoms with Crippen molar-refractivity contribution in [2.24, 2.45) is 0 Å². The van der Waals surface area contributed by atoms with Crippen molar-refractivity contribution in [3.8, 4) is 11.5 Å². The molecule has 1 N–H and O–H groups in total. The maximum atomic E-state index is 12.9. The minimum absolute atomic E-state index is 0. The fourth-order valence-electron chi connectivity index (χ4n) is 2.07. The molecule has 0 radical (unpaired) electrons. The number of ether oxygens (including phenoxy) is 2. The van der Waals surface area contributed by atoms with E-state index < -0.39 is 35.9 Å². The Morgan fingerprint density at radius 2 is 1.83 bits per heavy atom. The molecular weight excluding hydrogens is 357 g/mol. The van der Waals surface area contributed by atoms with E-state index in [1.807, 2.05) is 0 Å². The zero-order chi connectivity index (χ0) is 17.6. The number of carboxylic acids is 1. The van der Waals surface area contributed by atoms with E-state index in [9.17, 15) is 31.1 Å². The molecule has 1 atom stereocenters. The number of aryl methyl sites for hydroxylation is 1. The number of benzene rings is 1. The fourth-order valence-corrected chi connectivity index (χ4v) is 2.07. The van der Waals surface area contributed by atoms with Crippen molar-refractivity contribution in [3.05, 3.63) is 28.8 Å². The van der Waals surface area contributed by atoms with Gasteiger partial charge in [0.2, 0.25) is 6.10 Å². The molecule has 1 heterocycles. The second-order valence-corrected chi connectivity index (χ2v) is 4.65. The zero-order valence-corrected chi connectivity index (χ0v) is 14.2. The van der Waals surface area contributed by atoms with Crippen LogP contribution in [0.2, 0.25) is 0 Å². The van der Waals surface area contributed by atoms with E-state index in [-0.39, 0.29) is 47.9 Å². The number of hydrogen-bond donors (Lipinski definition) is 1. The van der Waals surface area contributed by atoms with Crippen LogP contribution in [0.15, 0.2) is 17.7 Å². The maximum absolute atomic E-state index is 12.9. The molecule has 0 bridgehead atoms. The molecule has 0 spiro atoms. The van der Waals surface area contributed by atoms with Gasteiger partial charge in [-0.05, 0) is 30.7 Å². The van der Waals surface area contributed by atoms with Crippen molar-refractivity contribution in [1.82, 2.24) is 0 Å². The summed E-state index contributed by atoms with van der Waals surface area (Å²) >= 11 is 0. The third-order valence-electron chi connectivity index (χ3n) is 2.88. The molecule has 0 fully saturated rings. The molecule has 0 amide bonds. The minimum Gasteiger partial charge on any atom is -1.00 e. The van der Waals surface area contributed by atoms with E-state index in [0.29, 0.717) is 6.08 Å². The molecule has 0 saturated carbocycles. The third kappa shape index (κ3) is 4.58. The monoisotopic (exact) mass is 366 g/mol. The first-order chi connectivity index (χ1) is 10.4. The zero-order valence-electron chi connectivity index (χ0n) is 13.2. The van der Waals surface area contributed by atoms with Crippen LogP contribution in [0.1, 0.15) is 12.6 Å². The van der Waals surface area contributed by atoms with Crippen LogP contribution in [-0.2, 0) is 4.79 Å². The summed E-state index contributed by atoms with van der Waals surface area (Å²) in [5.74, 6) is -2.94. The quantitative estimate of drug-likeness (QED) is 0.622. The van der Waals surface area contributed by atoms with Crippen molar-refractivity contribution >= 4 is 12.0 Å². The van der Waals surface area contributed by atoms with Crippen LogP contribution < -0.4 is 39.0 Å². The van der Waals surface area contributed by atoms with Crippen molar-refractivity contribution in [1.29, 1.82) is 0 Å². The summed E-state index contributed by atoms with van der Waals surface area (Å²) in [7, 11) is 0. The van der Waals surface area contributed by atoms with Crippen LogP contribution >= 0.6 is 0 Å². The van der Waals surface area contributed by atoms with Gasteiger partial charge in [-0.1, -0.05) is 0 Å². The van der Waals surface area contributed by atoms with Crippen LogP contribution in [0.4, 0.5) is 26.3 Å². The van der Waals surface area contributed by atoms with Crippen molar-refractivity contribution in [2.45, 2.75) is 25.6 Å². The SMILES string of the molecule is Cc1cc(OC(F)(F)F)cc2c1O[C@H](C(F)(F)F)C(C(=O)O)=C2.[H-].[Na+]. The fraction of sp³-hybridized carbons (Fsp3) is 0.308. The van der Waals surface area contributed by atoms with Gasteiger partial charge in [0.1, 0.15) is 11.5 Å². The minimum atomic E-state index is -5.00. The van der Waals surface area contributed by atoms with E-state index in [2.05, 4.69) is 9.47 Å². The standard InChI is InChI=1S/C13H8F6O4.Na.H/c1-5-2-7(23-13(17,18)19)3-6-4-8(11(20)21)10(12(14,15)16)22-9(5)6;;/h2-4,10H,1H3,(H,20,21);;/q;+1;-1/t10-;;/m0../s1. The van der Waals surface area contributed by atoms with E-state index in [4.69, 9.17) is 5.11 Å². The topological polar surface area (TPSA) is 55.8 Å². The van der Waals surface area contributed by atoms with Gasteiger partial charge in [-0.3, -0.25) is 0 Å². The van der Waals surface area contributed by atoms with Crippen LogP contribution in [0, 0.1) is 6.92 Å². The summed E-state index contributed by atoms with van der Waals surface area (Å²) in [6.07, 6.45) is -12.1. The van der Waals surface area contributed by atoms with Gasteiger partial charge >= 0.3 is 48.1 Å². The van der Waals surface area contributed by atoms with Crippen LogP contribution in [0.5, 0.6) is 11.5 Å². The van der Waals surface area contributed by atoms with E-state index in [1.165, 1.54) is 6.92 Å². The first-order valence-electron chi connectivity index (χ1n) is 5.97.